The lowest BCUT2D eigenvalue weighted by Gasteiger charge is -2.26. The van der Waals surface area contributed by atoms with Crippen molar-refractivity contribution in [2.24, 2.45) is 0 Å². The predicted octanol–water partition coefficient (Wildman–Crippen LogP) is 2.52. The number of halogens is 1. The topological polar surface area (TPSA) is 71.1 Å². The third-order valence-corrected chi connectivity index (χ3v) is 3.94. The summed E-state index contributed by atoms with van der Waals surface area (Å²) in [5.41, 5.74) is 1.91. The Balaban J connectivity index is 1.81. The molecular weight excluding hydrogens is 297 g/mol. The molecule has 2 aromatic rings. The van der Waals surface area contributed by atoms with E-state index in [2.05, 4.69) is 15.6 Å². The zero-order chi connectivity index (χ0) is 16.4. The largest absolute Gasteiger partial charge is 0.349 e. The number of nitrogens with zero attached hydrogens (tertiary/aromatic N) is 1. The van der Waals surface area contributed by atoms with Crippen LogP contribution in [0.3, 0.4) is 0 Å². The van der Waals surface area contributed by atoms with Gasteiger partial charge in [0.05, 0.1) is 12.0 Å². The number of hydrogen-bond donors (Lipinski definition) is 2. The van der Waals surface area contributed by atoms with E-state index in [9.17, 15) is 14.0 Å². The number of carbonyl (C=O) groups is 2. The lowest BCUT2D eigenvalue weighted by atomic mass is 9.89. The summed E-state index contributed by atoms with van der Waals surface area (Å²) >= 11 is 0. The van der Waals surface area contributed by atoms with Crippen molar-refractivity contribution in [2.75, 3.05) is 5.32 Å². The van der Waals surface area contributed by atoms with E-state index in [0.29, 0.717) is 11.3 Å². The van der Waals surface area contributed by atoms with Crippen LogP contribution in [0.5, 0.6) is 0 Å². The Hall–Kier alpha value is -2.76. The Morgan fingerprint density at radius 1 is 1.35 bits per heavy atom. The summed E-state index contributed by atoms with van der Waals surface area (Å²) < 4.78 is 13.3. The highest BCUT2D eigenvalue weighted by Gasteiger charge is 2.31. The van der Waals surface area contributed by atoms with Gasteiger partial charge >= 0.3 is 0 Å². The van der Waals surface area contributed by atoms with Crippen molar-refractivity contribution in [3.63, 3.8) is 0 Å². The number of hydrogen-bond acceptors (Lipinski definition) is 3. The fourth-order valence-corrected chi connectivity index (χ4v) is 2.72. The highest BCUT2D eigenvalue weighted by molar-refractivity contribution is 6.01. The lowest BCUT2D eigenvalue weighted by Crippen LogP contribution is -2.36. The second kappa shape index (κ2) is 6.16. The monoisotopic (exact) mass is 313 g/mol. The van der Waals surface area contributed by atoms with Crippen LogP contribution >= 0.6 is 0 Å². The fourth-order valence-electron chi connectivity index (χ4n) is 2.72. The second-order valence-electron chi connectivity index (χ2n) is 5.55. The Morgan fingerprint density at radius 3 is 2.83 bits per heavy atom. The van der Waals surface area contributed by atoms with Gasteiger partial charge in [-0.15, -0.1) is 0 Å². The average Bonchev–Trinajstić information content (AvgIpc) is 2.54. The van der Waals surface area contributed by atoms with Gasteiger partial charge in [-0.05, 0) is 42.3 Å². The third-order valence-electron chi connectivity index (χ3n) is 3.94. The first-order chi connectivity index (χ1) is 11.0. The van der Waals surface area contributed by atoms with Crippen molar-refractivity contribution in [2.45, 2.75) is 25.3 Å². The molecule has 0 spiro atoms. The van der Waals surface area contributed by atoms with Crippen LogP contribution in [-0.4, -0.2) is 16.8 Å². The van der Waals surface area contributed by atoms with E-state index in [1.165, 1.54) is 12.1 Å². The van der Waals surface area contributed by atoms with Crippen LogP contribution in [0.4, 0.5) is 10.1 Å². The molecule has 0 fully saturated rings. The van der Waals surface area contributed by atoms with Gasteiger partial charge in [-0.2, -0.15) is 0 Å². The summed E-state index contributed by atoms with van der Waals surface area (Å²) in [7, 11) is 0. The normalized spacial score (nSPS) is 17.8. The van der Waals surface area contributed by atoms with Gasteiger partial charge in [-0.3, -0.25) is 14.6 Å². The molecule has 0 saturated heterocycles. The van der Waals surface area contributed by atoms with Crippen LogP contribution in [0.15, 0.2) is 42.7 Å². The van der Waals surface area contributed by atoms with E-state index in [4.69, 9.17) is 0 Å². The molecule has 118 valence electrons. The number of nitrogens with one attached hydrogen (secondary N) is 2. The molecular formula is C17H16FN3O2. The number of rotatable bonds is 3. The number of amides is 2. The summed E-state index contributed by atoms with van der Waals surface area (Å²) in [6.07, 6.45) is 3.36. The van der Waals surface area contributed by atoms with E-state index in [1.54, 1.807) is 18.5 Å². The van der Waals surface area contributed by atoms with E-state index in [-0.39, 0.29) is 24.3 Å². The molecule has 2 heterocycles. The van der Waals surface area contributed by atoms with Gasteiger partial charge in [0.25, 0.3) is 0 Å². The number of pyridine rings is 1. The molecule has 3 rings (SSSR count). The summed E-state index contributed by atoms with van der Waals surface area (Å²) in [6, 6.07) is 7.51. The van der Waals surface area contributed by atoms with Crippen LogP contribution in [0.1, 0.15) is 36.4 Å². The quantitative estimate of drug-likeness (QED) is 0.914. The summed E-state index contributed by atoms with van der Waals surface area (Å²) in [5.74, 6) is -1.62. The Bertz CT molecular complexity index is 749. The predicted molar refractivity (Wildman–Crippen MR) is 83.2 cm³/mol. The highest BCUT2D eigenvalue weighted by atomic mass is 19.1. The minimum atomic E-state index is -0.622. The zero-order valence-corrected chi connectivity index (χ0v) is 12.5. The molecule has 23 heavy (non-hydrogen) atoms. The zero-order valence-electron chi connectivity index (χ0n) is 12.5. The van der Waals surface area contributed by atoms with Gasteiger partial charge in [0.1, 0.15) is 5.82 Å². The van der Waals surface area contributed by atoms with Crippen LogP contribution < -0.4 is 10.6 Å². The van der Waals surface area contributed by atoms with Gasteiger partial charge in [0.15, 0.2) is 0 Å². The lowest BCUT2D eigenvalue weighted by molar-refractivity contribution is -0.126. The molecule has 1 aliphatic rings. The number of carbonyl (C=O) groups excluding carboxylic acids is 2. The molecule has 6 heteroatoms. The Morgan fingerprint density at radius 2 is 2.09 bits per heavy atom. The minimum Gasteiger partial charge on any atom is -0.349 e. The minimum absolute atomic E-state index is 0.0491. The van der Waals surface area contributed by atoms with Crippen molar-refractivity contribution in [1.82, 2.24) is 10.3 Å². The van der Waals surface area contributed by atoms with Gasteiger partial charge in [-0.25, -0.2) is 4.39 Å². The standard InChI is InChI=1S/C17H16FN3O2/c1-10(11-4-6-19-7-5-11)20-17(23)14-9-16(22)21-15-8-12(18)2-3-13(14)15/h2-8,10,14H,9H2,1H3,(H,20,23)(H,21,22)/t10-,14+/m1/s1. The SMILES string of the molecule is C[C@@H](NC(=O)[C@H]1CC(=O)Nc2cc(F)ccc21)c1ccncc1. The van der Waals surface area contributed by atoms with Crippen molar-refractivity contribution >= 4 is 17.5 Å². The summed E-state index contributed by atoms with van der Waals surface area (Å²) in [5, 5.41) is 5.50. The average molecular weight is 313 g/mol. The smallest absolute Gasteiger partial charge is 0.228 e. The van der Waals surface area contributed by atoms with Crippen LogP contribution in [0.25, 0.3) is 0 Å². The van der Waals surface area contributed by atoms with Gasteiger partial charge < -0.3 is 10.6 Å². The van der Waals surface area contributed by atoms with Crippen molar-refractivity contribution in [3.05, 3.63) is 59.7 Å². The number of benzene rings is 1. The van der Waals surface area contributed by atoms with Gasteiger partial charge in [0.2, 0.25) is 11.8 Å². The van der Waals surface area contributed by atoms with E-state index < -0.39 is 11.7 Å². The molecule has 5 nitrogen and oxygen atoms in total. The van der Waals surface area contributed by atoms with E-state index in [0.717, 1.165) is 5.56 Å². The Kier molecular flexibility index (Phi) is 4.06. The Labute approximate surface area is 132 Å². The molecule has 0 aliphatic carbocycles. The van der Waals surface area contributed by atoms with Crippen molar-refractivity contribution in [1.29, 1.82) is 0 Å². The van der Waals surface area contributed by atoms with Crippen LogP contribution in [0, 0.1) is 5.82 Å². The first kappa shape index (κ1) is 15.1. The maximum Gasteiger partial charge on any atom is 0.228 e. The first-order valence-electron chi connectivity index (χ1n) is 7.34. The molecule has 0 saturated carbocycles. The molecule has 0 bridgehead atoms. The third kappa shape index (κ3) is 3.21. The molecule has 2 N–H and O–H groups in total. The molecule has 1 aromatic heterocycles. The number of aromatic nitrogens is 1. The number of anilines is 1. The van der Waals surface area contributed by atoms with Crippen molar-refractivity contribution in [3.8, 4) is 0 Å². The maximum absolute atomic E-state index is 13.3. The molecule has 2 atom stereocenters. The van der Waals surface area contributed by atoms with Gasteiger partial charge in [-0.1, -0.05) is 6.07 Å². The molecule has 1 aliphatic heterocycles. The molecule has 0 radical (unpaired) electrons. The summed E-state index contributed by atoms with van der Waals surface area (Å²) in [6.45, 7) is 1.86. The molecule has 2 amide bonds. The first-order valence-corrected chi connectivity index (χ1v) is 7.34. The fraction of sp³-hybridized carbons (Fsp3) is 0.235. The molecule has 1 aromatic carbocycles. The van der Waals surface area contributed by atoms with E-state index in [1.807, 2.05) is 19.1 Å². The van der Waals surface area contributed by atoms with Crippen molar-refractivity contribution < 1.29 is 14.0 Å². The van der Waals surface area contributed by atoms with Crippen LogP contribution in [0.2, 0.25) is 0 Å². The van der Waals surface area contributed by atoms with E-state index >= 15 is 0 Å². The molecule has 0 unspecified atom stereocenters. The highest BCUT2D eigenvalue weighted by Crippen LogP contribution is 2.33. The van der Waals surface area contributed by atoms with Gasteiger partial charge in [0, 0.05) is 24.5 Å². The van der Waals surface area contributed by atoms with Crippen LogP contribution in [-0.2, 0) is 9.59 Å². The number of fused-ring (bicyclic) bond motifs is 1. The maximum atomic E-state index is 13.3. The summed E-state index contributed by atoms with van der Waals surface area (Å²) in [4.78, 5) is 28.3. The second-order valence-corrected chi connectivity index (χ2v) is 5.55.